The lowest BCUT2D eigenvalue weighted by molar-refractivity contribution is -0.0585. The molecule has 0 N–H and O–H groups in total. The fourth-order valence-corrected chi connectivity index (χ4v) is 4.10. The molecule has 4 nitrogen and oxygen atoms in total. The summed E-state index contributed by atoms with van der Waals surface area (Å²) in [7, 11) is 0. The van der Waals surface area contributed by atoms with Crippen molar-refractivity contribution in [1.29, 1.82) is 0 Å². The van der Waals surface area contributed by atoms with Crippen LogP contribution in [0.25, 0.3) is 21.5 Å². The quantitative estimate of drug-likeness (QED) is 0.694. The molecule has 1 aliphatic heterocycles. The van der Waals surface area contributed by atoms with Crippen molar-refractivity contribution in [2.24, 2.45) is 0 Å². The van der Waals surface area contributed by atoms with E-state index in [-0.39, 0.29) is 18.1 Å². The van der Waals surface area contributed by atoms with Crippen LogP contribution in [0.1, 0.15) is 24.2 Å². The van der Waals surface area contributed by atoms with Crippen LogP contribution in [-0.4, -0.2) is 41.1 Å². The summed E-state index contributed by atoms with van der Waals surface area (Å²) in [5, 5.41) is 2.93. The summed E-state index contributed by atoms with van der Waals surface area (Å²) in [5.74, 6) is 0.0541. The summed E-state index contributed by atoms with van der Waals surface area (Å²) < 4.78 is 5.77. The summed E-state index contributed by atoms with van der Waals surface area (Å²) in [6.07, 6.45) is 0.107. The lowest BCUT2D eigenvalue weighted by Crippen LogP contribution is -2.48. The Labute approximate surface area is 151 Å². The van der Waals surface area contributed by atoms with Gasteiger partial charge in [-0.15, -0.1) is 11.3 Å². The molecule has 4 rings (SSSR count). The Bertz CT molecular complexity index is 897. The van der Waals surface area contributed by atoms with Crippen molar-refractivity contribution in [2.45, 2.75) is 26.1 Å². The van der Waals surface area contributed by atoms with Crippen LogP contribution in [0.15, 0.2) is 47.8 Å². The van der Waals surface area contributed by atoms with Crippen LogP contribution in [0.5, 0.6) is 0 Å². The molecule has 128 valence electrons. The number of rotatable bonds is 2. The van der Waals surface area contributed by atoms with Crippen LogP contribution in [0.4, 0.5) is 0 Å². The minimum atomic E-state index is 0.0533. The van der Waals surface area contributed by atoms with Crippen molar-refractivity contribution in [2.75, 3.05) is 13.1 Å². The van der Waals surface area contributed by atoms with Crippen LogP contribution >= 0.6 is 11.3 Å². The SMILES string of the molecule is C[C@@H]1CN(C(=O)c2cc(-c3cccs3)nc3ccccc23)C[C@@H](C)O1. The highest BCUT2D eigenvalue weighted by Crippen LogP contribution is 2.29. The van der Waals surface area contributed by atoms with E-state index in [4.69, 9.17) is 9.72 Å². The lowest BCUT2D eigenvalue weighted by atomic mass is 10.0. The Hall–Kier alpha value is -2.24. The van der Waals surface area contributed by atoms with E-state index in [1.54, 1.807) is 11.3 Å². The molecule has 2 atom stereocenters. The number of aromatic nitrogens is 1. The Morgan fingerprint density at radius 2 is 1.92 bits per heavy atom. The van der Waals surface area contributed by atoms with E-state index < -0.39 is 0 Å². The zero-order valence-electron chi connectivity index (χ0n) is 14.3. The third-order valence-electron chi connectivity index (χ3n) is 4.43. The maximum absolute atomic E-state index is 13.3. The second-order valence-electron chi connectivity index (χ2n) is 6.52. The highest BCUT2D eigenvalue weighted by molar-refractivity contribution is 7.13. The number of carbonyl (C=O) groups is 1. The highest BCUT2D eigenvalue weighted by atomic mass is 32.1. The van der Waals surface area contributed by atoms with Gasteiger partial charge in [-0.1, -0.05) is 24.3 Å². The van der Waals surface area contributed by atoms with Gasteiger partial charge in [-0.05, 0) is 37.4 Å². The van der Waals surface area contributed by atoms with Gasteiger partial charge in [0.1, 0.15) is 0 Å². The van der Waals surface area contributed by atoms with Gasteiger partial charge in [-0.25, -0.2) is 4.98 Å². The van der Waals surface area contributed by atoms with Crippen LogP contribution < -0.4 is 0 Å². The molecule has 1 amide bonds. The van der Waals surface area contributed by atoms with Gasteiger partial charge in [0.15, 0.2) is 0 Å². The van der Waals surface area contributed by atoms with Crippen molar-refractivity contribution in [3.8, 4) is 10.6 Å². The van der Waals surface area contributed by atoms with Crippen molar-refractivity contribution in [3.05, 3.63) is 53.4 Å². The number of thiophene rings is 1. The molecular formula is C20H20N2O2S. The van der Waals surface area contributed by atoms with Gasteiger partial charge in [0.25, 0.3) is 5.91 Å². The fourth-order valence-electron chi connectivity index (χ4n) is 3.42. The van der Waals surface area contributed by atoms with E-state index in [2.05, 4.69) is 0 Å². The van der Waals surface area contributed by atoms with Crippen molar-refractivity contribution in [3.63, 3.8) is 0 Å². The number of carbonyl (C=O) groups excluding carboxylic acids is 1. The topological polar surface area (TPSA) is 42.4 Å². The van der Waals surface area contributed by atoms with E-state index in [0.29, 0.717) is 13.1 Å². The van der Waals surface area contributed by atoms with E-state index >= 15 is 0 Å². The van der Waals surface area contributed by atoms with Gasteiger partial charge >= 0.3 is 0 Å². The molecule has 1 fully saturated rings. The number of morpholine rings is 1. The van der Waals surface area contributed by atoms with Crippen LogP contribution in [0, 0.1) is 0 Å². The number of nitrogens with zero attached hydrogens (tertiary/aromatic N) is 2. The number of amides is 1. The first-order valence-electron chi connectivity index (χ1n) is 8.50. The maximum Gasteiger partial charge on any atom is 0.254 e. The van der Waals surface area contributed by atoms with Gasteiger partial charge in [0.05, 0.1) is 33.9 Å². The molecule has 0 aliphatic carbocycles. The average molecular weight is 352 g/mol. The predicted octanol–water partition coefficient (Wildman–Crippen LogP) is 4.21. The zero-order chi connectivity index (χ0) is 17.4. The normalized spacial score (nSPS) is 20.8. The Morgan fingerprint density at radius 1 is 1.16 bits per heavy atom. The number of pyridine rings is 1. The number of para-hydroxylation sites is 1. The lowest BCUT2D eigenvalue weighted by Gasteiger charge is -2.35. The first-order chi connectivity index (χ1) is 12.1. The Morgan fingerprint density at radius 3 is 2.64 bits per heavy atom. The predicted molar refractivity (Wildman–Crippen MR) is 101 cm³/mol. The molecule has 0 bridgehead atoms. The molecule has 1 aromatic carbocycles. The first kappa shape index (κ1) is 16.2. The number of benzene rings is 1. The highest BCUT2D eigenvalue weighted by Gasteiger charge is 2.28. The molecule has 0 radical (unpaired) electrons. The van der Waals surface area contributed by atoms with Crippen molar-refractivity contribution < 1.29 is 9.53 Å². The largest absolute Gasteiger partial charge is 0.372 e. The molecule has 2 aromatic heterocycles. The third-order valence-corrected chi connectivity index (χ3v) is 5.32. The molecule has 25 heavy (non-hydrogen) atoms. The number of hydrogen-bond donors (Lipinski definition) is 0. The smallest absolute Gasteiger partial charge is 0.254 e. The average Bonchev–Trinajstić information content (AvgIpc) is 3.14. The van der Waals surface area contributed by atoms with Gasteiger partial charge in [0, 0.05) is 18.5 Å². The van der Waals surface area contributed by atoms with Gasteiger partial charge in [-0.2, -0.15) is 0 Å². The molecule has 1 aliphatic rings. The second kappa shape index (κ2) is 6.58. The van der Waals surface area contributed by atoms with E-state index in [1.807, 2.05) is 66.6 Å². The molecule has 0 saturated carbocycles. The zero-order valence-corrected chi connectivity index (χ0v) is 15.1. The van der Waals surface area contributed by atoms with Gasteiger partial charge < -0.3 is 9.64 Å². The third kappa shape index (κ3) is 3.17. The summed E-state index contributed by atoms with van der Waals surface area (Å²) in [6, 6.07) is 13.8. The molecule has 1 saturated heterocycles. The van der Waals surface area contributed by atoms with Crippen molar-refractivity contribution in [1.82, 2.24) is 9.88 Å². The first-order valence-corrected chi connectivity index (χ1v) is 9.38. The number of ether oxygens (including phenoxy) is 1. The van der Waals surface area contributed by atoms with Gasteiger partial charge in [0.2, 0.25) is 0 Å². The Balaban J connectivity index is 1.81. The molecule has 0 spiro atoms. The van der Waals surface area contributed by atoms with E-state index in [1.165, 1.54) is 0 Å². The maximum atomic E-state index is 13.3. The molecule has 3 heterocycles. The molecule has 5 heteroatoms. The van der Waals surface area contributed by atoms with Gasteiger partial charge in [-0.3, -0.25) is 4.79 Å². The minimum Gasteiger partial charge on any atom is -0.372 e. The monoisotopic (exact) mass is 352 g/mol. The summed E-state index contributed by atoms with van der Waals surface area (Å²) >= 11 is 1.63. The molecular weight excluding hydrogens is 332 g/mol. The van der Waals surface area contributed by atoms with Crippen LogP contribution in [0.2, 0.25) is 0 Å². The molecule has 0 unspecified atom stereocenters. The van der Waals surface area contributed by atoms with Crippen LogP contribution in [-0.2, 0) is 4.74 Å². The van der Waals surface area contributed by atoms with E-state index in [0.717, 1.165) is 27.0 Å². The summed E-state index contributed by atoms with van der Waals surface area (Å²) in [5.41, 5.74) is 2.42. The number of hydrogen-bond acceptors (Lipinski definition) is 4. The van der Waals surface area contributed by atoms with Crippen molar-refractivity contribution >= 4 is 28.1 Å². The molecule has 3 aromatic rings. The van der Waals surface area contributed by atoms with Crippen LogP contribution in [0.3, 0.4) is 0 Å². The second-order valence-corrected chi connectivity index (χ2v) is 7.46. The standard InChI is InChI=1S/C20H20N2O2S/c1-13-11-22(12-14(2)24-13)20(23)16-10-18(19-8-5-9-25-19)21-17-7-4-3-6-15(16)17/h3-10,13-14H,11-12H2,1-2H3/t13-,14-/m1/s1. The minimum absolute atomic E-state index is 0.0533. The Kier molecular flexibility index (Phi) is 4.27. The summed E-state index contributed by atoms with van der Waals surface area (Å²) in [6.45, 7) is 5.26. The fraction of sp³-hybridized carbons (Fsp3) is 0.300. The summed E-state index contributed by atoms with van der Waals surface area (Å²) in [4.78, 5) is 21.0. The number of fused-ring (bicyclic) bond motifs is 1. The van der Waals surface area contributed by atoms with E-state index in [9.17, 15) is 4.79 Å².